The van der Waals surface area contributed by atoms with Crippen LogP contribution in [0.2, 0.25) is 5.02 Å². The van der Waals surface area contributed by atoms with Crippen molar-refractivity contribution in [3.63, 3.8) is 0 Å². The highest BCUT2D eigenvalue weighted by molar-refractivity contribution is 8.03. The van der Waals surface area contributed by atoms with Crippen LogP contribution in [0.4, 0.5) is 0 Å². The fourth-order valence-electron chi connectivity index (χ4n) is 2.94. The lowest BCUT2D eigenvalue weighted by Gasteiger charge is -2.25. The predicted octanol–water partition coefficient (Wildman–Crippen LogP) is 4.50. The molecule has 0 aliphatic carbocycles. The van der Waals surface area contributed by atoms with Crippen LogP contribution in [0.1, 0.15) is 17.9 Å². The first-order valence-electron chi connectivity index (χ1n) is 8.70. The minimum Gasteiger partial charge on any atom is -0.495 e. The summed E-state index contributed by atoms with van der Waals surface area (Å²) in [6.45, 7) is 0.464. The number of allylic oxidation sites excluding steroid dienone is 1. The van der Waals surface area contributed by atoms with Gasteiger partial charge in [0.25, 0.3) is 0 Å². The first-order valence-corrected chi connectivity index (χ1v) is 10.1. The zero-order chi connectivity index (χ0) is 19.9. The zero-order valence-electron chi connectivity index (χ0n) is 15.3. The monoisotopic (exact) mass is 414 g/mol. The largest absolute Gasteiger partial charge is 0.495 e. The van der Waals surface area contributed by atoms with Crippen LogP contribution in [0.15, 0.2) is 59.1 Å². The van der Waals surface area contributed by atoms with Crippen LogP contribution < -0.4 is 14.8 Å². The third-order valence-corrected chi connectivity index (χ3v) is 5.55. The van der Waals surface area contributed by atoms with E-state index in [-0.39, 0.29) is 18.2 Å². The molecule has 3 rings (SSSR count). The second kappa shape index (κ2) is 9.54. The Morgan fingerprint density at radius 2 is 2.07 bits per heavy atom. The molecule has 1 N–H and O–H groups in total. The van der Waals surface area contributed by atoms with Gasteiger partial charge in [-0.2, -0.15) is 5.26 Å². The highest BCUT2D eigenvalue weighted by atomic mass is 35.5. The van der Waals surface area contributed by atoms with Crippen molar-refractivity contribution in [2.75, 3.05) is 19.5 Å². The molecule has 7 heteroatoms. The molecule has 2 aromatic carbocycles. The number of rotatable bonds is 7. The number of methoxy groups -OCH3 is 1. The van der Waals surface area contributed by atoms with E-state index in [0.29, 0.717) is 33.7 Å². The van der Waals surface area contributed by atoms with E-state index < -0.39 is 0 Å². The second-order valence-electron chi connectivity index (χ2n) is 6.06. The number of nitrogens with one attached hydrogen (secondary N) is 1. The molecule has 1 heterocycles. The van der Waals surface area contributed by atoms with Crippen molar-refractivity contribution in [1.29, 1.82) is 5.26 Å². The molecule has 1 atom stereocenters. The van der Waals surface area contributed by atoms with Crippen molar-refractivity contribution in [3.05, 3.63) is 69.7 Å². The maximum absolute atomic E-state index is 12.2. The maximum Gasteiger partial charge on any atom is 0.225 e. The Bertz CT molecular complexity index is 925. The fourth-order valence-corrected chi connectivity index (χ4v) is 4.10. The molecule has 1 aliphatic rings. The van der Waals surface area contributed by atoms with Crippen LogP contribution >= 0.6 is 23.4 Å². The lowest BCUT2D eigenvalue weighted by atomic mass is 9.87. The van der Waals surface area contributed by atoms with Crippen molar-refractivity contribution in [2.24, 2.45) is 0 Å². The average molecular weight is 415 g/mol. The van der Waals surface area contributed by atoms with E-state index in [0.717, 1.165) is 11.3 Å². The highest BCUT2D eigenvalue weighted by Gasteiger charge is 2.30. The Morgan fingerprint density at radius 3 is 2.75 bits per heavy atom. The quantitative estimate of drug-likeness (QED) is 0.675. The number of halogens is 1. The molecular formula is C21H19ClN2O3S. The highest BCUT2D eigenvalue weighted by Crippen LogP contribution is 2.38. The number of thioether (sulfide) groups is 1. The Hall–Kier alpha value is -2.62. The molecule has 1 amide bonds. The van der Waals surface area contributed by atoms with Crippen LogP contribution in [0, 0.1) is 11.3 Å². The number of nitriles is 1. The molecular weight excluding hydrogens is 396 g/mol. The van der Waals surface area contributed by atoms with E-state index in [9.17, 15) is 10.1 Å². The van der Waals surface area contributed by atoms with Crippen LogP contribution in [0.3, 0.4) is 0 Å². The Kier molecular flexibility index (Phi) is 6.85. The Labute approximate surface area is 173 Å². The Morgan fingerprint density at radius 1 is 1.29 bits per heavy atom. The summed E-state index contributed by atoms with van der Waals surface area (Å²) >= 11 is 7.63. The summed E-state index contributed by atoms with van der Waals surface area (Å²) in [6, 6.07) is 17.1. The molecule has 144 valence electrons. The van der Waals surface area contributed by atoms with Crippen LogP contribution in [-0.2, 0) is 4.79 Å². The number of carbonyl (C=O) groups is 1. The molecule has 5 nitrogen and oxygen atoms in total. The molecule has 0 radical (unpaired) electrons. The number of carbonyl (C=O) groups excluding carboxylic acids is 1. The molecule has 0 unspecified atom stereocenters. The lowest BCUT2D eigenvalue weighted by molar-refractivity contribution is -0.120. The number of benzene rings is 2. The van der Waals surface area contributed by atoms with E-state index in [1.165, 1.54) is 11.8 Å². The molecule has 0 aromatic heterocycles. The van der Waals surface area contributed by atoms with Gasteiger partial charge >= 0.3 is 0 Å². The zero-order valence-corrected chi connectivity index (χ0v) is 16.8. The maximum atomic E-state index is 12.2. The molecule has 0 fully saturated rings. The topological polar surface area (TPSA) is 71.3 Å². The third kappa shape index (κ3) is 4.80. The van der Waals surface area contributed by atoms with Gasteiger partial charge in [0, 0.05) is 18.1 Å². The first kappa shape index (κ1) is 20.1. The molecule has 0 bridgehead atoms. The van der Waals surface area contributed by atoms with Gasteiger partial charge in [0.1, 0.15) is 11.5 Å². The summed E-state index contributed by atoms with van der Waals surface area (Å²) in [6.07, 6.45) is 0.204. The first-order chi connectivity index (χ1) is 13.6. The summed E-state index contributed by atoms with van der Waals surface area (Å²) in [5, 5.41) is 13.6. The van der Waals surface area contributed by atoms with E-state index >= 15 is 0 Å². The van der Waals surface area contributed by atoms with Gasteiger partial charge in [-0.3, -0.25) is 4.79 Å². The molecule has 0 saturated carbocycles. The number of amides is 1. The van der Waals surface area contributed by atoms with Gasteiger partial charge in [-0.15, -0.1) is 11.8 Å². The molecule has 2 aromatic rings. The average Bonchev–Trinajstić information content (AvgIpc) is 2.71. The van der Waals surface area contributed by atoms with Gasteiger partial charge in [-0.1, -0.05) is 35.9 Å². The number of hydrogen-bond acceptors (Lipinski definition) is 5. The molecule has 0 saturated heterocycles. The summed E-state index contributed by atoms with van der Waals surface area (Å²) in [5.41, 5.74) is 1.35. The van der Waals surface area contributed by atoms with Gasteiger partial charge in [0.2, 0.25) is 5.91 Å². The molecule has 1 aliphatic heterocycles. The van der Waals surface area contributed by atoms with E-state index in [1.54, 1.807) is 19.2 Å². The van der Waals surface area contributed by atoms with Crippen molar-refractivity contribution in [2.45, 2.75) is 12.3 Å². The smallest absolute Gasteiger partial charge is 0.225 e. The van der Waals surface area contributed by atoms with E-state index in [1.807, 2.05) is 36.4 Å². The minimum atomic E-state index is -0.334. The normalized spacial score (nSPS) is 16.3. The third-order valence-electron chi connectivity index (χ3n) is 4.28. The van der Waals surface area contributed by atoms with Crippen molar-refractivity contribution >= 4 is 29.3 Å². The SMILES string of the molecule is COc1ccc([C@H]2CC(=O)NC(SCCOc3ccccc3)=C2C#N)cc1Cl. The lowest BCUT2D eigenvalue weighted by Crippen LogP contribution is -2.31. The van der Waals surface area contributed by atoms with Gasteiger partial charge in [-0.25, -0.2) is 0 Å². The van der Waals surface area contributed by atoms with Gasteiger partial charge in [-0.05, 0) is 29.8 Å². The Balaban J connectivity index is 1.73. The van der Waals surface area contributed by atoms with E-state index in [4.69, 9.17) is 21.1 Å². The minimum absolute atomic E-state index is 0.123. The van der Waals surface area contributed by atoms with Crippen LogP contribution in [0.5, 0.6) is 11.5 Å². The fraction of sp³-hybridized carbons (Fsp3) is 0.238. The number of nitrogens with zero attached hydrogens (tertiary/aromatic N) is 1. The number of ether oxygens (including phenoxy) is 2. The predicted molar refractivity (Wildman–Crippen MR) is 111 cm³/mol. The summed E-state index contributed by atoms with van der Waals surface area (Å²) in [5.74, 6) is 1.49. The van der Waals surface area contributed by atoms with Crippen molar-refractivity contribution in [1.82, 2.24) is 5.32 Å². The number of hydrogen-bond donors (Lipinski definition) is 1. The summed E-state index contributed by atoms with van der Waals surface area (Å²) in [4.78, 5) is 12.2. The van der Waals surface area contributed by atoms with Gasteiger partial charge in [0.15, 0.2) is 0 Å². The van der Waals surface area contributed by atoms with Crippen LogP contribution in [-0.4, -0.2) is 25.4 Å². The van der Waals surface area contributed by atoms with Gasteiger partial charge in [0.05, 0.1) is 35.4 Å². The second-order valence-corrected chi connectivity index (χ2v) is 7.58. The van der Waals surface area contributed by atoms with E-state index in [2.05, 4.69) is 11.4 Å². The summed E-state index contributed by atoms with van der Waals surface area (Å²) in [7, 11) is 1.54. The number of para-hydroxylation sites is 1. The van der Waals surface area contributed by atoms with Crippen molar-refractivity contribution < 1.29 is 14.3 Å². The molecule has 0 spiro atoms. The van der Waals surface area contributed by atoms with Crippen molar-refractivity contribution in [3.8, 4) is 17.6 Å². The van der Waals surface area contributed by atoms with Gasteiger partial charge < -0.3 is 14.8 Å². The molecule has 28 heavy (non-hydrogen) atoms. The summed E-state index contributed by atoms with van der Waals surface area (Å²) < 4.78 is 10.9. The van der Waals surface area contributed by atoms with Crippen LogP contribution in [0.25, 0.3) is 0 Å². The standard InChI is InChI=1S/C21H19ClN2O3S/c1-26-19-8-7-14(11-18(19)22)16-12-20(25)24-21(17(16)13-23)28-10-9-27-15-5-3-2-4-6-15/h2-8,11,16H,9-10,12H2,1H3,(H,24,25)/t16-/m1/s1.